The molecular weight excluding hydrogens is 376 g/mol. The van der Waals surface area contributed by atoms with Crippen molar-refractivity contribution in [3.05, 3.63) is 52.3 Å². The Balaban J connectivity index is 1.67. The maximum absolute atomic E-state index is 12.3. The fourth-order valence-electron chi connectivity index (χ4n) is 2.69. The highest BCUT2D eigenvalue weighted by molar-refractivity contribution is 7.88. The Morgan fingerprint density at radius 2 is 2.00 bits per heavy atom. The lowest BCUT2D eigenvalue weighted by atomic mass is 10.2. The van der Waals surface area contributed by atoms with Crippen molar-refractivity contribution in [1.29, 1.82) is 0 Å². The van der Waals surface area contributed by atoms with Gasteiger partial charge >= 0.3 is 0 Å². The summed E-state index contributed by atoms with van der Waals surface area (Å²) in [5.41, 5.74) is 2.07. The fourth-order valence-corrected chi connectivity index (χ4v) is 3.99. The van der Waals surface area contributed by atoms with Gasteiger partial charge in [0.1, 0.15) is 0 Å². The molecule has 1 aromatic carbocycles. The summed E-state index contributed by atoms with van der Waals surface area (Å²) in [7, 11) is -3.50. The largest absolute Gasteiger partial charge is 0.378 e. The van der Waals surface area contributed by atoms with Crippen LogP contribution in [-0.4, -0.2) is 44.7 Å². The predicted molar refractivity (Wildman–Crippen MR) is 101 cm³/mol. The van der Waals surface area contributed by atoms with Crippen LogP contribution in [0.25, 0.3) is 0 Å². The molecule has 0 atom stereocenters. The van der Waals surface area contributed by atoms with Gasteiger partial charge in [-0.05, 0) is 30.7 Å². The van der Waals surface area contributed by atoms with Gasteiger partial charge in [-0.2, -0.15) is 0 Å². The van der Waals surface area contributed by atoms with Gasteiger partial charge in [0.05, 0.1) is 31.2 Å². The summed E-state index contributed by atoms with van der Waals surface area (Å²) in [4.78, 5) is 11.0. The van der Waals surface area contributed by atoms with E-state index in [4.69, 9.17) is 16.3 Å². The Labute approximate surface area is 158 Å². The van der Waals surface area contributed by atoms with Crippen molar-refractivity contribution < 1.29 is 13.2 Å². The zero-order valence-corrected chi connectivity index (χ0v) is 16.1. The third-order valence-electron chi connectivity index (χ3n) is 3.91. The van der Waals surface area contributed by atoms with Crippen molar-refractivity contribution in [2.75, 3.05) is 31.2 Å². The number of aromatic nitrogens is 2. The summed E-state index contributed by atoms with van der Waals surface area (Å²) in [5, 5.41) is 0.513. The molecule has 0 saturated carbocycles. The minimum atomic E-state index is -3.50. The molecule has 1 N–H and O–H groups in total. The van der Waals surface area contributed by atoms with Crippen LogP contribution in [0.15, 0.2) is 30.3 Å². The number of nitrogens with one attached hydrogen (secondary N) is 1. The number of hydrogen-bond donors (Lipinski definition) is 1. The maximum Gasteiger partial charge on any atom is 0.225 e. The minimum Gasteiger partial charge on any atom is -0.378 e. The van der Waals surface area contributed by atoms with Gasteiger partial charge in [0.2, 0.25) is 16.0 Å². The van der Waals surface area contributed by atoms with Crippen molar-refractivity contribution in [3.63, 3.8) is 0 Å². The van der Waals surface area contributed by atoms with Crippen LogP contribution in [0, 0.1) is 6.92 Å². The first-order valence-electron chi connectivity index (χ1n) is 8.30. The number of rotatable bonds is 6. The molecule has 0 bridgehead atoms. The molecule has 0 radical (unpaired) electrons. The highest BCUT2D eigenvalue weighted by Gasteiger charge is 2.16. The van der Waals surface area contributed by atoms with Crippen molar-refractivity contribution in [2.24, 2.45) is 0 Å². The number of hydrogen-bond acceptors (Lipinski definition) is 6. The molecule has 26 heavy (non-hydrogen) atoms. The Bertz CT molecular complexity index is 870. The Morgan fingerprint density at radius 1 is 1.23 bits per heavy atom. The third-order valence-corrected chi connectivity index (χ3v) is 5.44. The molecule has 1 fully saturated rings. The van der Waals surface area contributed by atoms with Gasteiger partial charge in [-0.25, -0.2) is 23.1 Å². The van der Waals surface area contributed by atoms with E-state index in [9.17, 15) is 8.42 Å². The number of halogens is 1. The van der Waals surface area contributed by atoms with E-state index in [0.29, 0.717) is 35.4 Å². The monoisotopic (exact) mass is 396 g/mol. The molecule has 1 aliphatic heterocycles. The second-order valence-electron chi connectivity index (χ2n) is 6.11. The van der Waals surface area contributed by atoms with E-state index in [1.807, 2.05) is 11.8 Å². The fraction of sp³-hybridized carbons (Fsp3) is 0.412. The number of sulfonamides is 1. The number of benzene rings is 1. The number of anilines is 1. The highest BCUT2D eigenvalue weighted by Crippen LogP contribution is 2.14. The molecule has 0 spiro atoms. The van der Waals surface area contributed by atoms with Gasteiger partial charge in [-0.1, -0.05) is 23.7 Å². The van der Waals surface area contributed by atoms with Gasteiger partial charge in [0, 0.05) is 23.8 Å². The normalized spacial score (nSPS) is 15.2. The second kappa shape index (κ2) is 8.30. The summed E-state index contributed by atoms with van der Waals surface area (Å²) < 4.78 is 32.6. The molecule has 1 aromatic heterocycles. The molecule has 0 aliphatic carbocycles. The van der Waals surface area contributed by atoms with Gasteiger partial charge < -0.3 is 9.64 Å². The molecule has 140 valence electrons. The molecule has 0 amide bonds. The first-order valence-corrected chi connectivity index (χ1v) is 10.3. The van der Waals surface area contributed by atoms with Crippen LogP contribution in [0.1, 0.15) is 17.0 Å². The van der Waals surface area contributed by atoms with E-state index in [-0.39, 0.29) is 12.3 Å². The SMILES string of the molecule is Cc1cc(CNS(=O)(=O)Cc2cccc(Cl)c2)nc(N2CCOCC2)n1. The number of ether oxygens (including phenoxy) is 1. The van der Waals surface area contributed by atoms with Crippen molar-refractivity contribution >= 4 is 27.6 Å². The number of morpholine rings is 1. The average Bonchev–Trinajstić information content (AvgIpc) is 2.60. The molecule has 3 rings (SSSR count). The van der Waals surface area contributed by atoms with Crippen LogP contribution in [0.2, 0.25) is 5.02 Å². The Kier molecular flexibility index (Phi) is 6.08. The van der Waals surface area contributed by atoms with E-state index in [0.717, 1.165) is 18.8 Å². The average molecular weight is 397 g/mol. The molecule has 7 nitrogen and oxygen atoms in total. The maximum atomic E-state index is 12.3. The van der Waals surface area contributed by atoms with Crippen LogP contribution >= 0.6 is 11.6 Å². The van der Waals surface area contributed by atoms with Gasteiger partial charge in [0.25, 0.3) is 0 Å². The Hall–Kier alpha value is -1.74. The predicted octanol–water partition coefficient (Wildman–Crippen LogP) is 1.89. The summed E-state index contributed by atoms with van der Waals surface area (Å²) in [5.74, 6) is 0.478. The number of aryl methyl sites for hydroxylation is 1. The van der Waals surface area contributed by atoms with E-state index >= 15 is 0 Å². The van der Waals surface area contributed by atoms with Crippen LogP contribution in [0.5, 0.6) is 0 Å². The number of nitrogens with zero attached hydrogens (tertiary/aromatic N) is 3. The third kappa shape index (κ3) is 5.38. The topological polar surface area (TPSA) is 84.4 Å². The molecule has 2 aromatic rings. The smallest absolute Gasteiger partial charge is 0.225 e. The lowest BCUT2D eigenvalue weighted by molar-refractivity contribution is 0.122. The molecule has 2 heterocycles. The zero-order chi connectivity index (χ0) is 18.6. The second-order valence-corrected chi connectivity index (χ2v) is 8.35. The van der Waals surface area contributed by atoms with Crippen molar-refractivity contribution in [2.45, 2.75) is 19.2 Å². The van der Waals surface area contributed by atoms with Crippen molar-refractivity contribution in [3.8, 4) is 0 Å². The summed E-state index contributed by atoms with van der Waals surface area (Å²) in [6, 6.07) is 8.60. The first-order chi connectivity index (χ1) is 12.4. The first kappa shape index (κ1) is 19.0. The van der Waals surface area contributed by atoms with Crippen LogP contribution in [0.4, 0.5) is 5.95 Å². The minimum absolute atomic E-state index is 0.115. The van der Waals surface area contributed by atoms with E-state index in [1.54, 1.807) is 30.3 Å². The lowest BCUT2D eigenvalue weighted by Gasteiger charge is -2.27. The van der Waals surface area contributed by atoms with E-state index in [1.165, 1.54) is 0 Å². The van der Waals surface area contributed by atoms with E-state index in [2.05, 4.69) is 14.7 Å². The highest BCUT2D eigenvalue weighted by atomic mass is 35.5. The molecular formula is C17H21ClN4O3S. The zero-order valence-electron chi connectivity index (χ0n) is 14.5. The summed E-state index contributed by atoms with van der Waals surface area (Å²) in [6.45, 7) is 4.71. The standard InChI is InChI=1S/C17H21ClN4O3S/c1-13-9-16(21-17(20-13)22-5-7-25-8-6-22)11-19-26(23,24)12-14-3-2-4-15(18)10-14/h2-4,9-10,19H,5-8,11-12H2,1H3. The van der Waals surface area contributed by atoms with Gasteiger partial charge in [-0.15, -0.1) is 0 Å². The van der Waals surface area contributed by atoms with Gasteiger partial charge in [0.15, 0.2) is 0 Å². The molecule has 1 aliphatic rings. The Morgan fingerprint density at radius 3 is 2.73 bits per heavy atom. The van der Waals surface area contributed by atoms with E-state index < -0.39 is 10.0 Å². The van der Waals surface area contributed by atoms with Crippen LogP contribution < -0.4 is 9.62 Å². The summed E-state index contributed by atoms with van der Waals surface area (Å²) in [6.07, 6.45) is 0. The van der Waals surface area contributed by atoms with Crippen LogP contribution in [-0.2, 0) is 27.1 Å². The molecule has 0 unspecified atom stereocenters. The molecule has 9 heteroatoms. The lowest BCUT2D eigenvalue weighted by Crippen LogP contribution is -2.37. The van der Waals surface area contributed by atoms with Crippen molar-refractivity contribution in [1.82, 2.24) is 14.7 Å². The van der Waals surface area contributed by atoms with Crippen LogP contribution in [0.3, 0.4) is 0 Å². The quantitative estimate of drug-likeness (QED) is 0.802. The summed E-state index contributed by atoms with van der Waals surface area (Å²) >= 11 is 5.91. The molecule has 1 saturated heterocycles. The van der Waals surface area contributed by atoms with Gasteiger partial charge in [-0.3, -0.25) is 0 Å².